The largest absolute Gasteiger partial charge is 0.166 e. The van der Waals surface area contributed by atoms with E-state index in [0.717, 1.165) is 27.6 Å². The topological polar surface area (TPSA) is 0 Å². The minimum atomic E-state index is -0.124. The highest BCUT2D eigenvalue weighted by Gasteiger charge is 2.30. The molecule has 0 heterocycles. The Morgan fingerprint density at radius 1 is 1.00 bits per heavy atom. The molecule has 0 aliphatic heterocycles. The van der Waals surface area contributed by atoms with Gasteiger partial charge < -0.3 is 0 Å². The van der Waals surface area contributed by atoms with Crippen LogP contribution in [0.2, 0.25) is 0 Å². The molecule has 0 bridgehead atoms. The van der Waals surface area contributed by atoms with Crippen molar-refractivity contribution in [1.29, 1.82) is 0 Å². The number of thioether (sulfide) groups is 1. The molecule has 1 atom stereocenters. The van der Waals surface area contributed by atoms with Crippen LogP contribution in [0.1, 0.15) is 12.8 Å². The maximum Gasteiger partial charge on any atom is 0.166 e. The van der Waals surface area contributed by atoms with Crippen molar-refractivity contribution in [3.8, 4) is 0 Å². The lowest BCUT2D eigenvalue weighted by atomic mass is 10.2. The number of hydrogen-bond donors (Lipinski definition) is 0. The van der Waals surface area contributed by atoms with Gasteiger partial charge >= 0.3 is 0 Å². The van der Waals surface area contributed by atoms with Crippen molar-refractivity contribution in [2.75, 3.05) is 0 Å². The highest BCUT2D eigenvalue weighted by Crippen LogP contribution is 2.34. The first-order chi connectivity index (χ1) is 12.6. The van der Waals surface area contributed by atoms with Gasteiger partial charge in [-0.15, -0.1) is 0 Å². The zero-order valence-electron chi connectivity index (χ0n) is 15.1. The van der Waals surface area contributed by atoms with Crippen molar-refractivity contribution in [3.63, 3.8) is 0 Å². The van der Waals surface area contributed by atoms with E-state index < -0.39 is 0 Å². The smallest absolute Gasteiger partial charge is 0.0991 e. The summed E-state index contributed by atoms with van der Waals surface area (Å²) in [5.41, 5.74) is 0. The second-order valence-corrected chi connectivity index (χ2v) is 9.03. The second kappa shape index (κ2) is 10.7. The molecular formula is C24H25S2+. The van der Waals surface area contributed by atoms with E-state index in [0.29, 0.717) is 0 Å². The van der Waals surface area contributed by atoms with Gasteiger partial charge in [-0.2, -0.15) is 0 Å². The Morgan fingerprint density at radius 2 is 1.73 bits per heavy atom. The van der Waals surface area contributed by atoms with E-state index >= 15 is 0 Å². The summed E-state index contributed by atoms with van der Waals surface area (Å²) in [6.07, 6.45) is 18.5. The molecular weight excluding hydrogens is 352 g/mol. The van der Waals surface area contributed by atoms with Crippen LogP contribution >= 0.6 is 11.8 Å². The van der Waals surface area contributed by atoms with Crippen LogP contribution in [-0.2, 0) is 10.9 Å². The van der Waals surface area contributed by atoms with Gasteiger partial charge in [-0.3, -0.25) is 0 Å². The zero-order chi connectivity index (χ0) is 18.8. The maximum atomic E-state index is 4.37. The summed E-state index contributed by atoms with van der Waals surface area (Å²) in [7, 11) is -0.124. The van der Waals surface area contributed by atoms with Crippen molar-refractivity contribution in [2.45, 2.75) is 17.7 Å². The summed E-state index contributed by atoms with van der Waals surface area (Å²) in [6.45, 7) is 16.2. The lowest BCUT2D eigenvalue weighted by Gasteiger charge is -2.12. The Balaban J connectivity index is 2.14. The van der Waals surface area contributed by atoms with Crippen LogP contribution in [-0.4, -0.2) is 0 Å². The lowest BCUT2D eigenvalue weighted by Crippen LogP contribution is -2.08. The van der Waals surface area contributed by atoms with Crippen LogP contribution in [0.25, 0.3) is 0 Å². The Labute approximate surface area is 165 Å². The molecule has 0 radical (unpaired) electrons. The third-order valence-corrected chi connectivity index (χ3v) is 6.68. The predicted octanol–water partition coefficient (Wildman–Crippen LogP) is 7.47. The molecule has 0 fully saturated rings. The van der Waals surface area contributed by atoms with Gasteiger partial charge in [-0.1, -0.05) is 74.0 Å². The number of allylic oxidation sites excluding steroid dienone is 9. The summed E-state index contributed by atoms with van der Waals surface area (Å²) in [4.78, 5) is 5.73. The predicted molar refractivity (Wildman–Crippen MR) is 122 cm³/mol. The van der Waals surface area contributed by atoms with E-state index in [-0.39, 0.29) is 10.9 Å². The van der Waals surface area contributed by atoms with Crippen LogP contribution < -0.4 is 0 Å². The van der Waals surface area contributed by atoms with Crippen molar-refractivity contribution in [2.24, 2.45) is 0 Å². The standard InChI is InChI=1S/C24H25S2/c1-5-6-13-20(2)25-21(3)18-19-22(4)26(23-14-9-7-10-15-23)24-16-11-8-12-17-24/h5-11,13-16,18-19H,1-4,12,17H2/q+1/b13-6-,19-18-. The molecule has 0 N–H and O–H groups in total. The van der Waals surface area contributed by atoms with Crippen molar-refractivity contribution in [1.82, 2.24) is 0 Å². The van der Waals surface area contributed by atoms with Gasteiger partial charge in [0.15, 0.2) is 9.80 Å². The minimum absolute atomic E-state index is 0.124. The fourth-order valence-electron chi connectivity index (χ4n) is 2.44. The molecule has 2 heteroatoms. The first-order valence-electron chi connectivity index (χ1n) is 8.48. The third-order valence-electron chi connectivity index (χ3n) is 3.61. The van der Waals surface area contributed by atoms with E-state index in [1.165, 1.54) is 9.80 Å². The molecule has 0 saturated carbocycles. The average molecular weight is 378 g/mol. The molecule has 1 aliphatic carbocycles. The third kappa shape index (κ3) is 6.29. The quantitative estimate of drug-likeness (QED) is 0.318. The van der Waals surface area contributed by atoms with E-state index in [1.807, 2.05) is 18.2 Å². The van der Waals surface area contributed by atoms with Gasteiger partial charge in [-0.05, 0) is 49.4 Å². The lowest BCUT2D eigenvalue weighted by molar-refractivity contribution is 1.02. The van der Waals surface area contributed by atoms with Gasteiger partial charge in [0.05, 0.1) is 10.9 Å². The Hall–Kier alpha value is -2.16. The van der Waals surface area contributed by atoms with Crippen LogP contribution in [0, 0.1) is 0 Å². The Bertz CT molecular complexity index is 789. The van der Waals surface area contributed by atoms with Crippen LogP contribution in [0.4, 0.5) is 0 Å². The summed E-state index contributed by atoms with van der Waals surface area (Å²) >= 11 is 1.55. The first kappa shape index (κ1) is 20.2. The summed E-state index contributed by atoms with van der Waals surface area (Å²) in [6, 6.07) is 10.6. The van der Waals surface area contributed by atoms with Crippen LogP contribution in [0.3, 0.4) is 0 Å². The average Bonchev–Trinajstić information content (AvgIpc) is 2.66. The molecule has 0 nitrogen and oxygen atoms in total. The molecule has 1 unspecified atom stereocenters. The highest BCUT2D eigenvalue weighted by atomic mass is 32.2. The SMILES string of the molecule is C=C/C=C\C(=C)SC(=C)/C=C\C(=C)[S+](C1=CC=CCC1)c1ccccc1. The molecule has 0 saturated heterocycles. The van der Waals surface area contributed by atoms with Gasteiger partial charge in [0.2, 0.25) is 0 Å². The maximum absolute atomic E-state index is 4.37. The summed E-state index contributed by atoms with van der Waals surface area (Å²) < 4.78 is 0. The second-order valence-electron chi connectivity index (χ2n) is 5.65. The molecule has 1 aromatic carbocycles. The van der Waals surface area contributed by atoms with Gasteiger partial charge in [0.1, 0.15) is 4.91 Å². The fourth-order valence-corrected chi connectivity index (χ4v) is 5.18. The molecule has 0 spiro atoms. The summed E-state index contributed by atoms with van der Waals surface area (Å²) in [5.74, 6) is 0. The minimum Gasteiger partial charge on any atom is -0.0991 e. The molecule has 2 rings (SSSR count). The molecule has 1 aromatic rings. The molecule has 0 aromatic heterocycles. The molecule has 1 aliphatic rings. The molecule has 132 valence electrons. The van der Waals surface area contributed by atoms with Crippen molar-refractivity contribution >= 4 is 22.7 Å². The number of rotatable bonds is 9. The van der Waals surface area contributed by atoms with Crippen LogP contribution in [0.5, 0.6) is 0 Å². The highest BCUT2D eigenvalue weighted by molar-refractivity contribution is 8.07. The number of benzene rings is 1. The number of hydrogen-bond acceptors (Lipinski definition) is 1. The van der Waals surface area contributed by atoms with Crippen molar-refractivity contribution < 1.29 is 0 Å². The zero-order valence-corrected chi connectivity index (χ0v) is 16.7. The molecule has 26 heavy (non-hydrogen) atoms. The van der Waals surface area contributed by atoms with Gasteiger partial charge in [0, 0.05) is 16.2 Å². The van der Waals surface area contributed by atoms with E-state index in [9.17, 15) is 0 Å². The van der Waals surface area contributed by atoms with E-state index in [4.69, 9.17) is 0 Å². The monoisotopic (exact) mass is 377 g/mol. The Kier molecular flexibility index (Phi) is 8.33. The first-order valence-corrected chi connectivity index (χ1v) is 10.5. The van der Waals surface area contributed by atoms with E-state index in [2.05, 4.69) is 81.0 Å². The van der Waals surface area contributed by atoms with Gasteiger partial charge in [-0.25, -0.2) is 0 Å². The van der Waals surface area contributed by atoms with E-state index in [1.54, 1.807) is 17.8 Å². The summed E-state index contributed by atoms with van der Waals surface area (Å²) in [5, 5.41) is 0. The van der Waals surface area contributed by atoms with Crippen molar-refractivity contribution in [3.05, 3.63) is 125 Å². The fraction of sp³-hybridized carbons (Fsp3) is 0.0833. The normalized spacial score (nSPS) is 15.0. The Morgan fingerprint density at radius 3 is 2.38 bits per heavy atom. The van der Waals surface area contributed by atoms with Crippen LogP contribution in [0.15, 0.2) is 130 Å². The van der Waals surface area contributed by atoms with Gasteiger partial charge in [0.25, 0.3) is 0 Å². The molecule has 0 amide bonds.